The van der Waals surface area contributed by atoms with Crippen LogP contribution in [0.15, 0.2) is 0 Å². The van der Waals surface area contributed by atoms with Crippen LogP contribution in [0.1, 0.15) is 19.3 Å². The van der Waals surface area contributed by atoms with Crippen molar-refractivity contribution in [3.05, 3.63) is 6.92 Å². The first-order chi connectivity index (χ1) is 3.91. The van der Waals surface area contributed by atoms with Gasteiger partial charge in [-0.25, -0.2) is 0 Å². The van der Waals surface area contributed by atoms with Gasteiger partial charge in [0.2, 0.25) is 0 Å². The summed E-state index contributed by atoms with van der Waals surface area (Å²) in [5.74, 6) is 0. The highest BCUT2D eigenvalue weighted by Crippen LogP contribution is 1.91. The second-order valence-electron chi connectivity index (χ2n) is 1.53. The maximum Gasteiger partial charge on any atom is 0.293 e. The molecule has 0 aliphatic carbocycles. The van der Waals surface area contributed by atoms with Gasteiger partial charge in [-0.15, -0.1) is 0 Å². The van der Waals surface area contributed by atoms with Gasteiger partial charge in [0, 0.05) is 0 Å². The van der Waals surface area contributed by atoms with Crippen molar-refractivity contribution in [3.63, 3.8) is 0 Å². The first-order valence-electron chi connectivity index (χ1n) is 2.76. The van der Waals surface area contributed by atoms with Crippen molar-refractivity contribution in [2.45, 2.75) is 19.3 Å². The summed E-state index contributed by atoms with van der Waals surface area (Å²) in [6, 6.07) is 0. The molecule has 0 aromatic carbocycles. The van der Waals surface area contributed by atoms with Crippen molar-refractivity contribution in [1.29, 1.82) is 0 Å². The highest BCUT2D eigenvalue weighted by atomic mass is 16.5. The zero-order valence-electron chi connectivity index (χ0n) is 4.93. The van der Waals surface area contributed by atoms with Crippen LogP contribution in [0.25, 0.3) is 0 Å². The van der Waals surface area contributed by atoms with E-state index in [1.54, 1.807) is 0 Å². The molecule has 0 aliphatic heterocycles. The molecule has 0 aromatic rings. The van der Waals surface area contributed by atoms with Crippen molar-refractivity contribution in [2.24, 2.45) is 0 Å². The van der Waals surface area contributed by atoms with Crippen LogP contribution in [-0.2, 0) is 9.53 Å². The van der Waals surface area contributed by atoms with Crippen molar-refractivity contribution < 1.29 is 9.53 Å². The second kappa shape index (κ2) is 6.47. The number of hydrogen-bond acceptors (Lipinski definition) is 2. The Morgan fingerprint density at radius 2 is 2.25 bits per heavy atom. The molecule has 0 N–H and O–H groups in total. The quantitative estimate of drug-likeness (QED) is 0.397. The number of unbranched alkanes of at least 4 members (excludes halogenated alkanes) is 2. The average Bonchev–Trinajstić information content (AvgIpc) is 1.81. The molecule has 0 bridgehead atoms. The molecule has 0 unspecified atom stereocenters. The van der Waals surface area contributed by atoms with Crippen LogP contribution >= 0.6 is 0 Å². The van der Waals surface area contributed by atoms with Crippen LogP contribution in [0.5, 0.6) is 0 Å². The summed E-state index contributed by atoms with van der Waals surface area (Å²) in [5, 5.41) is 0. The fraction of sp³-hybridized carbons (Fsp3) is 0.667. The first-order valence-corrected chi connectivity index (χ1v) is 2.76. The topological polar surface area (TPSA) is 26.3 Å². The SMILES string of the molecule is [CH2]CCCCOC=O. The van der Waals surface area contributed by atoms with Gasteiger partial charge in [-0.2, -0.15) is 0 Å². The van der Waals surface area contributed by atoms with Crippen LogP contribution < -0.4 is 0 Å². The molecule has 2 nitrogen and oxygen atoms in total. The van der Waals surface area contributed by atoms with Crippen LogP contribution in [0.3, 0.4) is 0 Å². The summed E-state index contributed by atoms with van der Waals surface area (Å²) in [6.45, 7) is 4.66. The van der Waals surface area contributed by atoms with Gasteiger partial charge in [-0.3, -0.25) is 4.79 Å². The van der Waals surface area contributed by atoms with E-state index >= 15 is 0 Å². The summed E-state index contributed by atoms with van der Waals surface area (Å²) in [4.78, 5) is 9.53. The Bertz CT molecular complexity index is 52.5. The molecule has 0 saturated carbocycles. The Hall–Kier alpha value is -0.530. The number of ether oxygens (including phenoxy) is 1. The molecule has 0 amide bonds. The molecule has 0 heterocycles. The predicted molar refractivity (Wildman–Crippen MR) is 31.2 cm³/mol. The van der Waals surface area contributed by atoms with E-state index in [0.29, 0.717) is 13.1 Å². The van der Waals surface area contributed by atoms with Gasteiger partial charge in [0.25, 0.3) is 6.47 Å². The van der Waals surface area contributed by atoms with E-state index in [-0.39, 0.29) is 0 Å². The van der Waals surface area contributed by atoms with Crippen molar-refractivity contribution >= 4 is 6.47 Å². The van der Waals surface area contributed by atoms with Crippen LogP contribution in [0, 0.1) is 6.92 Å². The van der Waals surface area contributed by atoms with Gasteiger partial charge in [0.1, 0.15) is 0 Å². The third kappa shape index (κ3) is 5.47. The summed E-state index contributed by atoms with van der Waals surface area (Å²) < 4.78 is 4.43. The molecule has 47 valence electrons. The van der Waals surface area contributed by atoms with E-state index in [2.05, 4.69) is 11.7 Å². The van der Waals surface area contributed by atoms with E-state index in [0.717, 1.165) is 19.3 Å². The summed E-state index contributed by atoms with van der Waals surface area (Å²) >= 11 is 0. The lowest BCUT2D eigenvalue weighted by molar-refractivity contribution is -0.128. The van der Waals surface area contributed by atoms with Crippen LogP contribution in [0.2, 0.25) is 0 Å². The van der Waals surface area contributed by atoms with E-state index in [1.165, 1.54) is 0 Å². The smallest absolute Gasteiger partial charge is 0.293 e. The molecule has 0 saturated heterocycles. The molecule has 0 aromatic heterocycles. The minimum atomic E-state index is 0.475. The lowest BCUT2D eigenvalue weighted by Crippen LogP contribution is -1.89. The van der Waals surface area contributed by atoms with Gasteiger partial charge in [0.15, 0.2) is 0 Å². The maximum absolute atomic E-state index is 9.53. The maximum atomic E-state index is 9.53. The van der Waals surface area contributed by atoms with Crippen molar-refractivity contribution in [3.8, 4) is 0 Å². The Morgan fingerprint density at radius 1 is 1.50 bits per heavy atom. The first kappa shape index (κ1) is 7.47. The van der Waals surface area contributed by atoms with Crippen molar-refractivity contribution in [1.82, 2.24) is 0 Å². The molecule has 0 rings (SSSR count). The molecule has 8 heavy (non-hydrogen) atoms. The number of carbonyl (C=O) groups is 1. The fourth-order valence-electron chi connectivity index (χ4n) is 0.410. The van der Waals surface area contributed by atoms with Gasteiger partial charge < -0.3 is 4.74 Å². The highest BCUT2D eigenvalue weighted by Gasteiger charge is 1.82. The standard InChI is InChI=1S/C6H11O2/c1-2-3-4-5-8-6-7/h6H,1-5H2. The van der Waals surface area contributed by atoms with Crippen molar-refractivity contribution in [2.75, 3.05) is 6.61 Å². The largest absolute Gasteiger partial charge is 0.468 e. The van der Waals surface area contributed by atoms with Gasteiger partial charge in [0.05, 0.1) is 6.61 Å². The summed E-state index contributed by atoms with van der Waals surface area (Å²) in [5.41, 5.74) is 0. The number of hydrogen-bond donors (Lipinski definition) is 0. The molecule has 2 heteroatoms. The number of rotatable bonds is 5. The molecular weight excluding hydrogens is 104 g/mol. The van der Waals surface area contributed by atoms with Gasteiger partial charge >= 0.3 is 0 Å². The summed E-state index contributed by atoms with van der Waals surface area (Å²) in [6.07, 6.45) is 2.89. The molecule has 0 aliphatic rings. The third-order valence-corrected chi connectivity index (χ3v) is 0.830. The Balaban J connectivity index is 2.62. The molecule has 0 spiro atoms. The molecule has 0 atom stereocenters. The zero-order valence-corrected chi connectivity index (χ0v) is 4.93. The van der Waals surface area contributed by atoms with E-state index in [9.17, 15) is 4.79 Å². The molecular formula is C6H11O2. The van der Waals surface area contributed by atoms with Gasteiger partial charge in [-0.1, -0.05) is 19.8 Å². The minimum Gasteiger partial charge on any atom is -0.468 e. The average molecular weight is 115 g/mol. The summed E-state index contributed by atoms with van der Waals surface area (Å²) in [7, 11) is 0. The lowest BCUT2D eigenvalue weighted by Gasteiger charge is -1.93. The van der Waals surface area contributed by atoms with Crippen LogP contribution in [0.4, 0.5) is 0 Å². The fourth-order valence-corrected chi connectivity index (χ4v) is 0.410. The van der Waals surface area contributed by atoms with E-state index < -0.39 is 0 Å². The highest BCUT2D eigenvalue weighted by molar-refractivity contribution is 5.36. The molecule has 0 fully saturated rings. The Morgan fingerprint density at radius 3 is 2.75 bits per heavy atom. The van der Waals surface area contributed by atoms with Gasteiger partial charge in [-0.05, 0) is 6.42 Å². The third-order valence-electron chi connectivity index (χ3n) is 0.830. The second-order valence-corrected chi connectivity index (χ2v) is 1.53. The van der Waals surface area contributed by atoms with Crippen LogP contribution in [-0.4, -0.2) is 13.1 Å². The monoisotopic (exact) mass is 115 g/mol. The minimum absolute atomic E-state index is 0.475. The Labute approximate surface area is 49.8 Å². The lowest BCUT2D eigenvalue weighted by atomic mass is 10.3. The van der Waals surface area contributed by atoms with E-state index in [4.69, 9.17) is 0 Å². The zero-order chi connectivity index (χ0) is 6.24. The normalized spacial score (nSPS) is 8.62. The number of carbonyl (C=O) groups excluding carboxylic acids is 1. The Kier molecular flexibility index (Phi) is 6.04. The molecule has 1 radical (unpaired) electrons. The predicted octanol–water partition coefficient (Wildman–Crippen LogP) is 1.16. The van der Waals surface area contributed by atoms with E-state index in [1.807, 2.05) is 0 Å².